The summed E-state index contributed by atoms with van der Waals surface area (Å²) in [6.45, 7) is 5.41. The number of aromatic nitrogens is 1. The second kappa shape index (κ2) is 10.5. The number of anilines is 2. The third-order valence-electron chi connectivity index (χ3n) is 3.02. The summed E-state index contributed by atoms with van der Waals surface area (Å²) in [7, 11) is -4.05. The van der Waals surface area contributed by atoms with Gasteiger partial charge in [0, 0.05) is 24.1 Å². The van der Waals surface area contributed by atoms with Gasteiger partial charge in [0.25, 0.3) is 10.0 Å². The Bertz CT molecular complexity index is 850. The molecule has 0 bridgehead atoms. The van der Waals surface area contributed by atoms with Gasteiger partial charge >= 0.3 is 35.6 Å². The van der Waals surface area contributed by atoms with E-state index in [9.17, 15) is 13.2 Å². The van der Waals surface area contributed by atoms with Crippen LogP contribution < -0.4 is 44.9 Å². The second-order valence-electron chi connectivity index (χ2n) is 5.60. The van der Waals surface area contributed by atoms with E-state index in [2.05, 4.69) is 15.6 Å². The van der Waals surface area contributed by atoms with Gasteiger partial charge in [0.05, 0.1) is 5.69 Å². The molecule has 0 aliphatic heterocycles. The molecular formula is C16H23N4NaO4S. The van der Waals surface area contributed by atoms with Gasteiger partial charge in [-0.2, -0.15) is 0 Å². The van der Waals surface area contributed by atoms with Gasteiger partial charge in [-0.05, 0) is 44.5 Å². The number of nitrogens with one attached hydrogen (secondary N) is 3. The molecule has 2 aromatic rings. The van der Waals surface area contributed by atoms with E-state index in [0.29, 0.717) is 5.69 Å². The molecule has 0 unspecified atom stereocenters. The first kappa shape index (κ1) is 24.4. The average molecular weight is 390 g/mol. The summed E-state index contributed by atoms with van der Waals surface area (Å²) in [5, 5.41) is 5.52. The van der Waals surface area contributed by atoms with Crippen molar-refractivity contribution in [2.45, 2.75) is 31.7 Å². The molecule has 2 amide bonds. The molecule has 1 heterocycles. The molecule has 26 heavy (non-hydrogen) atoms. The van der Waals surface area contributed by atoms with Crippen LogP contribution in [0.4, 0.5) is 16.2 Å². The number of benzene rings is 1. The first-order valence-electron chi connectivity index (χ1n) is 7.39. The Hall–Kier alpha value is -1.65. The number of urea groups is 1. The zero-order valence-electron chi connectivity index (χ0n) is 16.2. The molecule has 10 heteroatoms. The monoisotopic (exact) mass is 390 g/mol. The molecule has 5 N–H and O–H groups in total. The van der Waals surface area contributed by atoms with Crippen LogP contribution in [-0.2, 0) is 10.0 Å². The fourth-order valence-electron chi connectivity index (χ4n) is 2.04. The number of aryl methyl sites for hydroxylation is 1. The summed E-state index contributed by atoms with van der Waals surface area (Å²) in [6.07, 6.45) is 2.68. The van der Waals surface area contributed by atoms with Crippen LogP contribution in [0.15, 0.2) is 47.6 Å². The third kappa shape index (κ3) is 6.93. The molecule has 0 aliphatic carbocycles. The molecule has 0 saturated carbocycles. The molecular weight excluding hydrogens is 367 g/mol. The smallest absolute Gasteiger partial charge is 1.00 e. The fourth-order valence-corrected chi connectivity index (χ4v) is 3.07. The minimum atomic E-state index is -4.05. The topological polar surface area (TPSA) is 132 Å². The molecule has 0 radical (unpaired) electrons. The number of hydrogen-bond donors (Lipinski definition) is 3. The number of rotatable bonds is 5. The van der Waals surface area contributed by atoms with E-state index in [1.165, 1.54) is 18.5 Å². The SMILES string of the molecule is Cc1cccc(Nc2ccncc2S(=O)(=O)NC(=O)NC(C)C)c1.O.[H-].[Na+]. The maximum atomic E-state index is 12.5. The number of carbonyl (C=O) groups excluding carboxylic acids is 1. The van der Waals surface area contributed by atoms with Gasteiger partial charge in [-0.3, -0.25) is 4.98 Å². The molecule has 8 nitrogen and oxygen atoms in total. The molecule has 138 valence electrons. The molecule has 1 aromatic heterocycles. The Morgan fingerprint density at radius 1 is 1.23 bits per heavy atom. The van der Waals surface area contributed by atoms with Gasteiger partial charge in [-0.25, -0.2) is 17.9 Å². The summed E-state index contributed by atoms with van der Waals surface area (Å²) in [4.78, 5) is 15.5. The summed E-state index contributed by atoms with van der Waals surface area (Å²) in [5.74, 6) is 0. The first-order valence-corrected chi connectivity index (χ1v) is 8.87. The van der Waals surface area contributed by atoms with Crippen molar-refractivity contribution in [1.82, 2.24) is 15.0 Å². The van der Waals surface area contributed by atoms with Crippen molar-refractivity contribution in [1.29, 1.82) is 0 Å². The molecule has 0 spiro atoms. The number of nitrogens with zero attached hydrogens (tertiary/aromatic N) is 1. The quantitative estimate of drug-likeness (QED) is 0.553. The van der Waals surface area contributed by atoms with E-state index >= 15 is 0 Å². The van der Waals surface area contributed by atoms with Crippen LogP contribution in [0.5, 0.6) is 0 Å². The summed E-state index contributed by atoms with van der Waals surface area (Å²) in [6, 6.07) is 8.08. The van der Waals surface area contributed by atoms with Crippen molar-refractivity contribution in [3.63, 3.8) is 0 Å². The van der Waals surface area contributed by atoms with Gasteiger partial charge in [-0.1, -0.05) is 12.1 Å². The predicted molar refractivity (Wildman–Crippen MR) is 97.4 cm³/mol. The Morgan fingerprint density at radius 2 is 1.92 bits per heavy atom. The summed E-state index contributed by atoms with van der Waals surface area (Å²) < 4.78 is 26.9. The maximum Gasteiger partial charge on any atom is 1.00 e. The van der Waals surface area contributed by atoms with E-state index < -0.39 is 16.1 Å². The standard InChI is InChI=1S/C16H20N4O3S.Na.H2O.H/c1-11(2)18-16(21)20-24(22,23)15-10-17-8-7-14(15)19-13-6-4-5-12(3)9-13;;;/h4-11H,1-3H3,(H,17,19)(H2,18,20,21);;1H2;/q;+1;;-1. The Kier molecular flexibility index (Phi) is 9.82. The van der Waals surface area contributed by atoms with Crippen molar-refractivity contribution >= 4 is 27.4 Å². The fraction of sp³-hybridized carbons (Fsp3) is 0.250. The molecule has 0 aliphatic rings. The zero-order chi connectivity index (χ0) is 17.7. The summed E-state index contributed by atoms with van der Waals surface area (Å²) in [5.41, 5.74) is 2.11. The molecule has 2 rings (SSSR count). The van der Waals surface area contributed by atoms with Crippen molar-refractivity contribution in [3.05, 3.63) is 48.3 Å². The largest absolute Gasteiger partial charge is 1.00 e. The van der Waals surface area contributed by atoms with Crippen molar-refractivity contribution in [3.8, 4) is 0 Å². The molecule has 0 saturated heterocycles. The molecule has 0 fully saturated rings. The van der Waals surface area contributed by atoms with Gasteiger partial charge in [0.1, 0.15) is 4.90 Å². The third-order valence-corrected chi connectivity index (χ3v) is 4.38. The zero-order valence-corrected chi connectivity index (χ0v) is 18.0. The van der Waals surface area contributed by atoms with Crippen LogP contribution in [0, 0.1) is 6.92 Å². The van der Waals surface area contributed by atoms with Crippen LogP contribution >= 0.6 is 0 Å². The number of carbonyl (C=O) groups is 1. The Morgan fingerprint density at radius 3 is 2.54 bits per heavy atom. The predicted octanol–water partition coefficient (Wildman–Crippen LogP) is -1.18. The molecule has 0 atom stereocenters. The van der Waals surface area contributed by atoms with Crippen LogP contribution in [-0.4, -0.2) is 31.0 Å². The van der Waals surface area contributed by atoms with Crippen LogP contribution in [0.25, 0.3) is 0 Å². The van der Waals surface area contributed by atoms with E-state index in [4.69, 9.17) is 0 Å². The normalized spacial score (nSPS) is 10.3. The van der Waals surface area contributed by atoms with Gasteiger partial charge in [0.15, 0.2) is 0 Å². The number of amides is 2. The van der Waals surface area contributed by atoms with Crippen molar-refractivity contribution in [2.75, 3.05) is 5.32 Å². The summed E-state index contributed by atoms with van der Waals surface area (Å²) >= 11 is 0. The van der Waals surface area contributed by atoms with Gasteiger partial charge in [0.2, 0.25) is 0 Å². The first-order chi connectivity index (χ1) is 11.3. The van der Waals surface area contributed by atoms with Gasteiger partial charge < -0.3 is 17.5 Å². The Balaban J connectivity index is 0. The maximum absolute atomic E-state index is 12.5. The number of hydrogen-bond acceptors (Lipinski definition) is 5. The van der Waals surface area contributed by atoms with E-state index in [0.717, 1.165) is 11.3 Å². The van der Waals surface area contributed by atoms with Crippen LogP contribution in [0.2, 0.25) is 0 Å². The second-order valence-corrected chi connectivity index (χ2v) is 7.25. The van der Waals surface area contributed by atoms with Crippen LogP contribution in [0.3, 0.4) is 0 Å². The van der Waals surface area contributed by atoms with Crippen molar-refractivity contribution < 1.29 is 49.7 Å². The average Bonchev–Trinajstić information content (AvgIpc) is 2.46. The Labute approximate surface area is 176 Å². The molecule has 1 aromatic carbocycles. The number of pyridine rings is 1. The van der Waals surface area contributed by atoms with E-state index in [-0.39, 0.29) is 47.4 Å². The van der Waals surface area contributed by atoms with Gasteiger partial charge in [-0.15, -0.1) is 0 Å². The van der Waals surface area contributed by atoms with E-state index in [1.807, 2.05) is 35.9 Å². The minimum Gasteiger partial charge on any atom is -1.00 e. The van der Waals surface area contributed by atoms with Crippen LogP contribution in [0.1, 0.15) is 20.8 Å². The minimum absolute atomic E-state index is 0. The van der Waals surface area contributed by atoms with Crippen molar-refractivity contribution in [2.24, 2.45) is 0 Å². The van der Waals surface area contributed by atoms with E-state index in [1.54, 1.807) is 13.8 Å². The number of sulfonamides is 1.